The maximum absolute atomic E-state index is 11.2. The molecule has 0 atom stereocenters. The maximum Gasteiger partial charge on any atom is 0.295 e. The third-order valence-corrected chi connectivity index (χ3v) is 4.03. The molecule has 0 saturated carbocycles. The summed E-state index contributed by atoms with van der Waals surface area (Å²) in [7, 11) is 0. The van der Waals surface area contributed by atoms with Crippen LogP contribution in [0.3, 0.4) is 0 Å². The van der Waals surface area contributed by atoms with Gasteiger partial charge in [0.05, 0.1) is 0 Å². The van der Waals surface area contributed by atoms with Gasteiger partial charge in [-0.05, 0) is 56.7 Å². The van der Waals surface area contributed by atoms with Crippen molar-refractivity contribution in [2.75, 3.05) is 19.6 Å². The first kappa shape index (κ1) is 15.6. The summed E-state index contributed by atoms with van der Waals surface area (Å²) < 4.78 is 0. The molecule has 2 rings (SSSR count). The number of piperidine rings is 1. The highest BCUT2D eigenvalue weighted by atomic mass is 16.1. The Hall–Kier alpha value is -1.79. The Morgan fingerprint density at radius 1 is 1.29 bits per heavy atom. The molecule has 0 aromatic heterocycles. The van der Waals surface area contributed by atoms with Gasteiger partial charge in [-0.15, -0.1) is 0 Å². The van der Waals surface area contributed by atoms with Crippen LogP contribution in [-0.4, -0.2) is 30.4 Å². The van der Waals surface area contributed by atoms with E-state index in [2.05, 4.69) is 52.4 Å². The minimum Gasteiger partial charge on any atom is -0.345 e. The van der Waals surface area contributed by atoms with Gasteiger partial charge >= 0.3 is 0 Å². The molecule has 3 heteroatoms. The molecule has 1 amide bonds. The number of carbonyl (C=O) groups excluding carboxylic acids is 1. The lowest BCUT2D eigenvalue weighted by atomic mass is 9.93. The predicted octanol–water partition coefficient (Wildman–Crippen LogP) is 2.43. The summed E-state index contributed by atoms with van der Waals surface area (Å²) in [6.45, 7) is 5.79. The SMILES string of the molecule is CC#CC(=O)NCCC1CCN(Cc2ccccc2)CC1. The zero-order chi connectivity index (χ0) is 14.9. The lowest BCUT2D eigenvalue weighted by Crippen LogP contribution is -2.34. The van der Waals surface area contributed by atoms with Crippen molar-refractivity contribution in [2.24, 2.45) is 5.92 Å². The van der Waals surface area contributed by atoms with Gasteiger partial charge in [0.2, 0.25) is 0 Å². The molecule has 0 bridgehead atoms. The Morgan fingerprint density at radius 2 is 2.00 bits per heavy atom. The fourth-order valence-electron chi connectivity index (χ4n) is 2.82. The summed E-state index contributed by atoms with van der Waals surface area (Å²) >= 11 is 0. The number of nitrogens with one attached hydrogen (secondary N) is 1. The van der Waals surface area contributed by atoms with Crippen molar-refractivity contribution in [1.82, 2.24) is 10.2 Å². The second-order valence-corrected chi connectivity index (χ2v) is 5.62. The molecule has 1 aliphatic heterocycles. The molecule has 0 radical (unpaired) electrons. The van der Waals surface area contributed by atoms with Crippen molar-refractivity contribution in [2.45, 2.75) is 32.7 Å². The van der Waals surface area contributed by atoms with Crippen LogP contribution in [0.2, 0.25) is 0 Å². The molecule has 1 aromatic rings. The van der Waals surface area contributed by atoms with Gasteiger partial charge in [-0.25, -0.2) is 0 Å². The van der Waals surface area contributed by atoms with E-state index in [9.17, 15) is 4.79 Å². The van der Waals surface area contributed by atoms with E-state index < -0.39 is 0 Å². The number of hydrogen-bond acceptors (Lipinski definition) is 2. The summed E-state index contributed by atoms with van der Waals surface area (Å²) in [5.74, 6) is 5.70. The predicted molar refractivity (Wildman–Crippen MR) is 85.5 cm³/mol. The van der Waals surface area contributed by atoms with Crippen LogP contribution in [0.4, 0.5) is 0 Å². The lowest BCUT2D eigenvalue weighted by Gasteiger charge is -2.32. The Labute approximate surface area is 127 Å². The average molecular weight is 284 g/mol. The zero-order valence-electron chi connectivity index (χ0n) is 12.8. The van der Waals surface area contributed by atoms with E-state index in [0.717, 1.165) is 38.5 Å². The van der Waals surface area contributed by atoms with E-state index in [1.165, 1.54) is 18.4 Å². The van der Waals surface area contributed by atoms with Crippen LogP contribution in [0, 0.1) is 17.8 Å². The molecular formula is C18H24N2O. The minimum atomic E-state index is -0.154. The minimum absolute atomic E-state index is 0.154. The second-order valence-electron chi connectivity index (χ2n) is 5.62. The molecule has 0 aliphatic carbocycles. The standard InChI is InChI=1S/C18H24N2O/c1-2-6-18(21)19-12-9-16-10-13-20(14-11-16)15-17-7-4-3-5-8-17/h3-5,7-8,16H,9-15H2,1H3,(H,19,21). The van der Waals surface area contributed by atoms with E-state index in [1.54, 1.807) is 6.92 Å². The number of nitrogens with zero attached hydrogens (tertiary/aromatic N) is 1. The molecular weight excluding hydrogens is 260 g/mol. The summed E-state index contributed by atoms with van der Waals surface area (Å²) in [6.07, 6.45) is 3.51. The molecule has 0 unspecified atom stereocenters. The number of benzene rings is 1. The molecule has 1 aromatic carbocycles. The molecule has 1 N–H and O–H groups in total. The first-order valence-electron chi connectivity index (χ1n) is 7.75. The molecule has 1 saturated heterocycles. The normalized spacial score (nSPS) is 16.0. The maximum atomic E-state index is 11.2. The summed E-state index contributed by atoms with van der Waals surface area (Å²) in [6, 6.07) is 10.6. The largest absolute Gasteiger partial charge is 0.345 e. The van der Waals surface area contributed by atoms with Gasteiger partial charge in [0.25, 0.3) is 5.91 Å². The summed E-state index contributed by atoms with van der Waals surface area (Å²) in [4.78, 5) is 13.8. The van der Waals surface area contributed by atoms with Gasteiger partial charge in [0.15, 0.2) is 0 Å². The van der Waals surface area contributed by atoms with Crippen LogP contribution in [0.1, 0.15) is 31.7 Å². The van der Waals surface area contributed by atoms with E-state index in [4.69, 9.17) is 0 Å². The van der Waals surface area contributed by atoms with Crippen molar-refractivity contribution in [3.05, 3.63) is 35.9 Å². The van der Waals surface area contributed by atoms with E-state index in [1.807, 2.05) is 0 Å². The first-order valence-corrected chi connectivity index (χ1v) is 7.75. The lowest BCUT2D eigenvalue weighted by molar-refractivity contribution is -0.115. The molecule has 1 heterocycles. The van der Waals surface area contributed by atoms with E-state index in [-0.39, 0.29) is 5.91 Å². The van der Waals surface area contributed by atoms with Crippen LogP contribution >= 0.6 is 0 Å². The van der Waals surface area contributed by atoms with Gasteiger partial charge in [0, 0.05) is 13.1 Å². The number of amides is 1. The second kappa shape index (κ2) is 8.49. The topological polar surface area (TPSA) is 32.3 Å². The third-order valence-electron chi connectivity index (χ3n) is 4.03. The monoisotopic (exact) mass is 284 g/mol. The molecule has 3 nitrogen and oxygen atoms in total. The highest BCUT2D eigenvalue weighted by Crippen LogP contribution is 2.21. The highest BCUT2D eigenvalue weighted by Gasteiger charge is 2.18. The molecule has 1 fully saturated rings. The Morgan fingerprint density at radius 3 is 2.67 bits per heavy atom. The number of likely N-dealkylation sites (tertiary alicyclic amines) is 1. The number of hydrogen-bond donors (Lipinski definition) is 1. The quantitative estimate of drug-likeness (QED) is 0.842. The van der Waals surface area contributed by atoms with Gasteiger partial charge in [-0.2, -0.15) is 0 Å². The fourth-order valence-corrected chi connectivity index (χ4v) is 2.82. The Balaban J connectivity index is 1.64. The molecule has 112 valence electrons. The van der Waals surface area contributed by atoms with Crippen molar-refractivity contribution >= 4 is 5.91 Å². The van der Waals surface area contributed by atoms with Crippen LogP contribution in [0.15, 0.2) is 30.3 Å². The Kier molecular flexibility index (Phi) is 6.30. The molecule has 0 spiro atoms. The fraction of sp³-hybridized carbons (Fsp3) is 0.500. The average Bonchev–Trinajstić information content (AvgIpc) is 2.50. The van der Waals surface area contributed by atoms with Gasteiger partial charge in [0.1, 0.15) is 0 Å². The first-order chi connectivity index (χ1) is 10.3. The van der Waals surface area contributed by atoms with Crippen LogP contribution in [-0.2, 0) is 11.3 Å². The molecule has 1 aliphatic rings. The summed E-state index contributed by atoms with van der Waals surface area (Å²) in [5.41, 5.74) is 1.39. The van der Waals surface area contributed by atoms with Crippen LogP contribution in [0.25, 0.3) is 0 Å². The Bertz CT molecular complexity index is 493. The van der Waals surface area contributed by atoms with Gasteiger partial charge in [-0.1, -0.05) is 36.3 Å². The van der Waals surface area contributed by atoms with Crippen molar-refractivity contribution in [3.63, 3.8) is 0 Å². The van der Waals surface area contributed by atoms with E-state index >= 15 is 0 Å². The van der Waals surface area contributed by atoms with Gasteiger partial charge in [-0.3, -0.25) is 9.69 Å². The highest BCUT2D eigenvalue weighted by molar-refractivity contribution is 5.93. The summed E-state index contributed by atoms with van der Waals surface area (Å²) in [5, 5.41) is 2.86. The number of carbonyl (C=O) groups is 1. The molecule has 21 heavy (non-hydrogen) atoms. The number of rotatable bonds is 5. The van der Waals surface area contributed by atoms with Crippen LogP contribution in [0.5, 0.6) is 0 Å². The van der Waals surface area contributed by atoms with Crippen molar-refractivity contribution in [3.8, 4) is 11.8 Å². The van der Waals surface area contributed by atoms with Crippen LogP contribution < -0.4 is 5.32 Å². The smallest absolute Gasteiger partial charge is 0.295 e. The van der Waals surface area contributed by atoms with Gasteiger partial charge < -0.3 is 5.32 Å². The zero-order valence-corrected chi connectivity index (χ0v) is 12.8. The van der Waals surface area contributed by atoms with E-state index in [0.29, 0.717) is 0 Å². The van der Waals surface area contributed by atoms with Crippen molar-refractivity contribution in [1.29, 1.82) is 0 Å². The van der Waals surface area contributed by atoms with Crippen molar-refractivity contribution < 1.29 is 4.79 Å². The third kappa shape index (κ3) is 5.61.